The van der Waals surface area contributed by atoms with E-state index in [1.54, 1.807) is 12.1 Å². The molecular formula is C62H81BClF3N12O6. The molecule has 4 aromatic heterocycles. The lowest BCUT2D eigenvalue weighted by molar-refractivity contribution is -0.143. The first kappa shape index (κ1) is 62.8. The van der Waals surface area contributed by atoms with E-state index < -0.39 is 42.9 Å². The molecule has 0 radical (unpaired) electrons. The van der Waals surface area contributed by atoms with E-state index in [1.807, 2.05) is 97.9 Å². The Kier molecular flexibility index (Phi) is 20.2. The number of aromatic nitrogens is 6. The van der Waals surface area contributed by atoms with Crippen LogP contribution in [0.3, 0.4) is 0 Å². The van der Waals surface area contributed by atoms with Crippen molar-refractivity contribution < 1.29 is 41.5 Å². The van der Waals surface area contributed by atoms with E-state index in [1.165, 1.54) is 4.90 Å². The molecule has 23 heteroatoms. The molecule has 0 bridgehead atoms. The van der Waals surface area contributed by atoms with Gasteiger partial charge < -0.3 is 49.0 Å². The molecule has 5 aliphatic rings. The van der Waals surface area contributed by atoms with Crippen molar-refractivity contribution in [2.24, 2.45) is 11.8 Å². The Hall–Kier alpha value is -6.72. The van der Waals surface area contributed by atoms with Gasteiger partial charge >= 0.3 is 25.4 Å². The van der Waals surface area contributed by atoms with Crippen molar-refractivity contribution in [2.75, 3.05) is 99.2 Å². The number of likely N-dealkylation sites (tertiary alicyclic amines) is 2. The second kappa shape index (κ2) is 27.3. The van der Waals surface area contributed by atoms with Crippen molar-refractivity contribution in [1.29, 1.82) is 0 Å². The third-order valence-corrected chi connectivity index (χ3v) is 17.1. The van der Waals surface area contributed by atoms with Gasteiger partial charge in [-0.05, 0) is 151 Å². The number of hydrogen-bond acceptors (Lipinski definition) is 12. The van der Waals surface area contributed by atoms with Gasteiger partial charge in [0.25, 0.3) is 0 Å². The number of anilines is 4. The first-order chi connectivity index (χ1) is 40.6. The summed E-state index contributed by atoms with van der Waals surface area (Å²) in [5.41, 5.74) is 9.24. The van der Waals surface area contributed by atoms with Crippen LogP contribution >= 0.6 is 11.6 Å². The topological polar surface area (TPSA) is 170 Å². The van der Waals surface area contributed by atoms with Crippen molar-refractivity contribution in [3.63, 3.8) is 0 Å². The fourth-order valence-electron chi connectivity index (χ4n) is 10.9. The molecule has 2 N–H and O–H groups in total. The highest BCUT2D eigenvalue weighted by Crippen LogP contribution is 2.38. The number of pyridine rings is 2. The highest BCUT2D eigenvalue weighted by molar-refractivity contribution is 6.62. The first-order valence-electron chi connectivity index (χ1n) is 29.7. The van der Waals surface area contributed by atoms with Crippen LogP contribution in [0.4, 0.5) is 45.8 Å². The van der Waals surface area contributed by atoms with Crippen LogP contribution in [0.2, 0.25) is 5.02 Å². The van der Waals surface area contributed by atoms with Crippen LogP contribution in [0.5, 0.6) is 0 Å². The molecule has 4 amide bonds. The number of halogens is 4. The van der Waals surface area contributed by atoms with Crippen LogP contribution in [0.1, 0.15) is 85.3 Å². The van der Waals surface area contributed by atoms with Gasteiger partial charge in [0.05, 0.1) is 61.4 Å². The van der Waals surface area contributed by atoms with Crippen molar-refractivity contribution in [1.82, 2.24) is 39.3 Å². The lowest BCUT2D eigenvalue weighted by atomic mass is 9.76. The number of nitrogens with zero attached hydrogens (tertiary/aromatic N) is 10. The maximum Gasteiger partial charge on any atom is 0.495 e. The number of rotatable bonds is 12. The Labute approximate surface area is 502 Å². The van der Waals surface area contributed by atoms with Gasteiger partial charge in [-0.2, -0.15) is 23.4 Å². The zero-order valence-electron chi connectivity index (χ0n) is 50.5. The summed E-state index contributed by atoms with van der Waals surface area (Å²) in [4.78, 5) is 43.0. The molecule has 11 rings (SSSR count). The van der Waals surface area contributed by atoms with Crippen molar-refractivity contribution >= 4 is 59.3 Å². The molecule has 0 aliphatic carbocycles. The van der Waals surface area contributed by atoms with Crippen LogP contribution in [-0.2, 0) is 31.9 Å². The summed E-state index contributed by atoms with van der Waals surface area (Å²) in [5, 5.41) is 15.4. The van der Waals surface area contributed by atoms with Gasteiger partial charge in [0.15, 0.2) is 0 Å². The second-order valence-corrected chi connectivity index (χ2v) is 23.9. The molecule has 5 aliphatic heterocycles. The quantitative estimate of drug-likeness (QED) is 0.111. The Bertz CT molecular complexity index is 3240. The predicted octanol–water partition coefficient (Wildman–Crippen LogP) is 11.6. The number of carbonyl (C=O) groups excluding carboxylic acids is 2. The van der Waals surface area contributed by atoms with Gasteiger partial charge in [0.2, 0.25) is 0 Å². The number of amides is 4. The van der Waals surface area contributed by atoms with Gasteiger partial charge in [-0.1, -0.05) is 42.6 Å². The molecule has 18 nitrogen and oxygen atoms in total. The Morgan fingerprint density at radius 3 is 1.65 bits per heavy atom. The number of urea groups is 2. The number of aryl methyl sites for hydroxylation is 4. The van der Waals surface area contributed by atoms with Gasteiger partial charge in [-0.25, -0.2) is 19.6 Å². The van der Waals surface area contributed by atoms with Crippen molar-refractivity contribution in [2.45, 2.75) is 118 Å². The zero-order valence-corrected chi connectivity index (χ0v) is 51.2. The number of nitrogens with one attached hydrogen (secondary N) is 2. The minimum atomic E-state index is -4.20. The standard InChI is InChI=1S/C28H36N6O2.C20H28BF3N2O3.C14H17ClN4O/c1-4-21-8-9-33(18-21)28(35)30-24-7-6-20(3)25(16-24)22-14-26(23-17-29-34(5-2)19-23)31-27(15-22)32-10-12-36-13-11-32;1-13-6-7-15(10-16(13)21-28-18(2,3)19(4,5)29-21)25-17(27)26-9-8-14(12-26)11-20(22,23)24;1-2-19-10-11(9-16-19)13-7-12(15)8-14(17-13)18-3-5-20-6-4-18/h6-7,14-17,19,21H,4-5,8-13,18H2,1-3H3,(H,30,35);6-7,10,14H,8-9,11-12H2,1-5H3,(H,25,27);7-10H,2-6H2,1H3/t21-;14-;/m10./s1. The predicted molar refractivity (Wildman–Crippen MR) is 329 cm³/mol. The molecule has 85 heavy (non-hydrogen) atoms. The number of hydrogen-bond donors (Lipinski definition) is 2. The van der Waals surface area contributed by atoms with E-state index in [0.29, 0.717) is 42.8 Å². The van der Waals surface area contributed by atoms with Crippen LogP contribution in [-0.4, -0.2) is 155 Å². The minimum absolute atomic E-state index is 0.0165. The van der Waals surface area contributed by atoms with E-state index in [4.69, 9.17) is 40.4 Å². The van der Waals surface area contributed by atoms with Crippen molar-refractivity contribution in [3.8, 4) is 33.6 Å². The number of alkyl halides is 3. The summed E-state index contributed by atoms with van der Waals surface area (Å²) >= 11 is 6.23. The SMILES string of the molecule is CC[C@@H]1CCN(C(=O)Nc2ccc(C)c(-c3cc(-c4cnn(CC)c4)nc(N4CCOCC4)c3)c2)C1.CCn1cc(-c2cc(Cl)cc(N3CCOCC3)n2)cn1.Cc1ccc(NC(=O)N2CC[C@@H](CC(F)(F)F)C2)cc1B1OC(C)(C)C(C)(C)O1. The van der Waals surface area contributed by atoms with Crippen LogP contribution in [0.15, 0.2) is 85.5 Å². The number of benzene rings is 2. The highest BCUT2D eigenvalue weighted by atomic mass is 35.5. The number of carbonyl (C=O) groups is 2. The zero-order chi connectivity index (χ0) is 60.6. The Balaban J connectivity index is 0.000000159. The maximum atomic E-state index is 12.9. The fourth-order valence-corrected chi connectivity index (χ4v) is 11.1. The van der Waals surface area contributed by atoms with Crippen LogP contribution in [0, 0.1) is 25.7 Å². The third kappa shape index (κ3) is 16.0. The lowest BCUT2D eigenvalue weighted by Gasteiger charge is -2.32. The monoisotopic (exact) mass is 1190 g/mol. The van der Waals surface area contributed by atoms with E-state index in [0.717, 1.165) is 146 Å². The van der Waals surface area contributed by atoms with Gasteiger partial charge in [0.1, 0.15) is 11.6 Å². The second-order valence-electron chi connectivity index (χ2n) is 23.5. The minimum Gasteiger partial charge on any atom is -0.399 e. The molecule has 0 unspecified atom stereocenters. The van der Waals surface area contributed by atoms with E-state index in [2.05, 4.69) is 82.6 Å². The van der Waals surface area contributed by atoms with E-state index in [-0.39, 0.29) is 12.6 Å². The molecule has 9 heterocycles. The molecule has 6 aromatic rings. The summed E-state index contributed by atoms with van der Waals surface area (Å²) in [5.74, 6) is 1.90. The van der Waals surface area contributed by atoms with Gasteiger partial charge in [-0.15, -0.1) is 0 Å². The van der Waals surface area contributed by atoms with Crippen LogP contribution < -0.4 is 25.9 Å². The summed E-state index contributed by atoms with van der Waals surface area (Å²) in [6, 6.07) is 19.2. The summed E-state index contributed by atoms with van der Waals surface area (Å²) in [6.45, 7) is 28.2. The molecule has 2 atom stereocenters. The highest BCUT2D eigenvalue weighted by Gasteiger charge is 2.52. The smallest absolute Gasteiger partial charge is 0.399 e. The molecule has 5 saturated heterocycles. The molecule has 0 spiro atoms. The summed E-state index contributed by atoms with van der Waals surface area (Å²) < 4.78 is 64.7. The average molecular weight is 1190 g/mol. The fraction of sp³-hybridized carbons (Fsp3) is 0.516. The van der Waals surface area contributed by atoms with Gasteiger partial charge in [-0.3, -0.25) is 9.36 Å². The summed E-state index contributed by atoms with van der Waals surface area (Å²) in [7, 11) is -0.556. The molecule has 5 fully saturated rings. The molecule has 0 saturated carbocycles. The Morgan fingerprint density at radius 1 is 0.647 bits per heavy atom. The van der Waals surface area contributed by atoms with Crippen molar-refractivity contribution in [3.05, 3.63) is 102 Å². The molecular weight excluding hydrogens is 1110 g/mol. The van der Waals surface area contributed by atoms with E-state index in [9.17, 15) is 22.8 Å². The largest absolute Gasteiger partial charge is 0.495 e. The normalized spacial score (nSPS) is 19.3. The van der Waals surface area contributed by atoms with Gasteiger partial charge in [0, 0.05) is 112 Å². The average Bonchev–Trinajstić information content (AvgIpc) is 2.68. The lowest BCUT2D eigenvalue weighted by Crippen LogP contribution is -2.41. The number of morpholine rings is 2. The summed E-state index contributed by atoms with van der Waals surface area (Å²) in [6.07, 6.45) is 5.24. The molecule has 456 valence electrons. The number of ether oxygens (including phenoxy) is 2. The third-order valence-electron chi connectivity index (χ3n) is 16.8. The van der Waals surface area contributed by atoms with Crippen LogP contribution in [0.25, 0.3) is 33.6 Å². The Morgan fingerprint density at radius 2 is 1.14 bits per heavy atom. The van der Waals surface area contributed by atoms with E-state index >= 15 is 0 Å². The first-order valence-corrected chi connectivity index (χ1v) is 30.1. The maximum absolute atomic E-state index is 12.9. The molecule has 2 aromatic carbocycles.